The standard InChI is InChI=1S/C6H13N.C2H6O/c1-5(2)4-6(3)7;1-2-3/h5,7H,4H2,1-3H3;3H,2H2,1H3. The van der Waals surface area contributed by atoms with Crippen molar-refractivity contribution in [3.8, 4) is 0 Å². The molecule has 2 N–H and O–H groups in total. The highest BCUT2D eigenvalue weighted by molar-refractivity contribution is 5.78. The van der Waals surface area contributed by atoms with Crippen LogP contribution in [0.3, 0.4) is 0 Å². The molecule has 0 amide bonds. The van der Waals surface area contributed by atoms with E-state index in [-0.39, 0.29) is 6.61 Å². The van der Waals surface area contributed by atoms with Gasteiger partial charge in [0, 0.05) is 12.3 Å². The van der Waals surface area contributed by atoms with Crippen LogP contribution in [0, 0.1) is 11.3 Å². The van der Waals surface area contributed by atoms with E-state index in [9.17, 15) is 0 Å². The van der Waals surface area contributed by atoms with Crippen molar-refractivity contribution in [3.05, 3.63) is 0 Å². The van der Waals surface area contributed by atoms with Crippen molar-refractivity contribution in [3.63, 3.8) is 0 Å². The summed E-state index contributed by atoms with van der Waals surface area (Å²) >= 11 is 0. The largest absolute Gasteiger partial charge is 0.397 e. The third-order valence-corrected chi connectivity index (χ3v) is 0.714. The minimum atomic E-state index is 0.250. The lowest BCUT2D eigenvalue weighted by Crippen LogP contribution is -1.94. The molecule has 0 fully saturated rings. The van der Waals surface area contributed by atoms with Gasteiger partial charge < -0.3 is 10.5 Å². The maximum Gasteiger partial charge on any atom is 0.0402 e. The van der Waals surface area contributed by atoms with Crippen LogP contribution < -0.4 is 0 Å². The van der Waals surface area contributed by atoms with Gasteiger partial charge >= 0.3 is 0 Å². The molecule has 0 heterocycles. The van der Waals surface area contributed by atoms with Gasteiger partial charge in [-0.25, -0.2) is 0 Å². The topological polar surface area (TPSA) is 44.1 Å². The van der Waals surface area contributed by atoms with Crippen LogP contribution in [0.5, 0.6) is 0 Å². The molecule has 0 bridgehead atoms. The van der Waals surface area contributed by atoms with Crippen molar-refractivity contribution >= 4 is 5.71 Å². The molecule has 2 heteroatoms. The number of hydrogen-bond donors (Lipinski definition) is 2. The van der Waals surface area contributed by atoms with E-state index in [1.54, 1.807) is 6.92 Å². The average molecular weight is 145 g/mol. The number of nitrogens with one attached hydrogen (secondary N) is 1. The fourth-order valence-electron chi connectivity index (χ4n) is 0.612. The molecule has 2 nitrogen and oxygen atoms in total. The van der Waals surface area contributed by atoms with Gasteiger partial charge in [0.2, 0.25) is 0 Å². The van der Waals surface area contributed by atoms with Crippen molar-refractivity contribution < 1.29 is 5.11 Å². The second kappa shape index (κ2) is 8.63. The molecular formula is C8H19NO. The summed E-state index contributed by atoms with van der Waals surface area (Å²) in [7, 11) is 0. The molecule has 0 radical (unpaired) electrons. The molecule has 0 spiro atoms. The van der Waals surface area contributed by atoms with Gasteiger partial charge in [0.15, 0.2) is 0 Å². The molecule has 0 aliphatic heterocycles. The van der Waals surface area contributed by atoms with Gasteiger partial charge in [0.25, 0.3) is 0 Å². The zero-order valence-corrected chi connectivity index (χ0v) is 7.44. The number of aliphatic hydroxyl groups excluding tert-OH is 1. The third kappa shape index (κ3) is 25.5. The van der Waals surface area contributed by atoms with Gasteiger partial charge in [0.1, 0.15) is 0 Å². The molecule has 0 saturated heterocycles. The van der Waals surface area contributed by atoms with Crippen molar-refractivity contribution in [2.45, 2.75) is 34.1 Å². The maximum absolute atomic E-state index is 7.57. The highest BCUT2D eigenvalue weighted by Gasteiger charge is 1.91. The summed E-state index contributed by atoms with van der Waals surface area (Å²) in [5.74, 6) is 0.650. The fourth-order valence-corrected chi connectivity index (χ4v) is 0.612. The summed E-state index contributed by atoms with van der Waals surface area (Å²) in [6, 6.07) is 0. The van der Waals surface area contributed by atoms with Gasteiger partial charge in [-0.15, -0.1) is 0 Å². The molecule has 62 valence electrons. The van der Waals surface area contributed by atoms with E-state index in [0.29, 0.717) is 5.92 Å². The van der Waals surface area contributed by atoms with E-state index in [2.05, 4.69) is 13.8 Å². The molecule has 0 rings (SSSR count). The second-order valence-corrected chi connectivity index (χ2v) is 2.69. The quantitative estimate of drug-likeness (QED) is 0.574. The fraction of sp³-hybridized carbons (Fsp3) is 0.875. The average Bonchev–Trinajstić information content (AvgIpc) is 1.62. The molecule has 10 heavy (non-hydrogen) atoms. The molecule has 0 aliphatic carbocycles. The Bertz CT molecular complexity index is 79.3. The minimum absolute atomic E-state index is 0.250. The first kappa shape index (κ1) is 12.3. The van der Waals surface area contributed by atoms with Crippen LogP contribution in [-0.4, -0.2) is 17.4 Å². The summed E-state index contributed by atoms with van der Waals surface area (Å²) < 4.78 is 0. The Balaban J connectivity index is 0. The lowest BCUT2D eigenvalue weighted by molar-refractivity contribution is 0.318. The van der Waals surface area contributed by atoms with Gasteiger partial charge in [-0.1, -0.05) is 13.8 Å². The first-order valence-electron chi connectivity index (χ1n) is 3.69. The first-order valence-corrected chi connectivity index (χ1v) is 3.69. The summed E-state index contributed by atoms with van der Waals surface area (Å²) in [6.45, 7) is 8.02. The van der Waals surface area contributed by atoms with Crippen molar-refractivity contribution in [1.82, 2.24) is 0 Å². The summed E-state index contributed by atoms with van der Waals surface area (Å²) in [6.07, 6.45) is 0.944. The Kier molecular flexibility index (Phi) is 10.6. The van der Waals surface area contributed by atoms with E-state index in [1.165, 1.54) is 0 Å². The number of aliphatic hydroxyl groups is 1. The van der Waals surface area contributed by atoms with Crippen LogP contribution in [0.2, 0.25) is 0 Å². The van der Waals surface area contributed by atoms with Gasteiger partial charge in [-0.05, 0) is 26.2 Å². The lowest BCUT2D eigenvalue weighted by Gasteiger charge is -1.98. The summed E-state index contributed by atoms with van der Waals surface area (Å²) in [5.41, 5.74) is 0.787. The molecule has 0 atom stereocenters. The normalized spacial score (nSPS) is 8.60. The Morgan fingerprint density at radius 2 is 1.80 bits per heavy atom. The Morgan fingerprint density at radius 1 is 1.50 bits per heavy atom. The predicted molar refractivity (Wildman–Crippen MR) is 45.6 cm³/mol. The van der Waals surface area contributed by atoms with Crippen LogP contribution >= 0.6 is 0 Å². The molecule has 0 aromatic carbocycles. The number of rotatable bonds is 2. The maximum atomic E-state index is 7.57. The van der Waals surface area contributed by atoms with E-state index >= 15 is 0 Å². The Hall–Kier alpha value is -0.370. The van der Waals surface area contributed by atoms with Crippen molar-refractivity contribution in [2.75, 3.05) is 6.61 Å². The summed E-state index contributed by atoms with van der Waals surface area (Å²) in [4.78, 5) is 0. The zero-order valence-electron chi connectivity index (χ0n) is 7.44. The zero-order chi connectivity index (χ0) is 8.57. The highest BCUT2D eigenvalue weighted by Crippen LogP contribution is 1.98. The van der Waals surface area contributed by atoms with E-state index in [0.717, 1.165) is 12.1 Å². The molecule has 0 aromatic heterocycles. The van der Waals surface area contributed by atoms with Gasteiger partial charge in [0.05, 0.1) is 0 Å². The molecule has 0 saturated carbocycles. The number of hydrogen-bond acceptors (Lipinski definition) is 2. The molecule has 0 unspecified atom stereocenters. The third-order valence-electron chi connectivity index (χ3n) is 0.714. The van der Waals surface area contributed by atoms with Gasteiger partial charge in [-0.2, -0.15) is 0 Å². The lowest BCUT2D eigenvalue weighted by atomic mass is 10.1. The van der Waals surface area contributed by atoms with Crippen LogP contribution in [0.25, 0.3) is 0 Å². The van der Waals surface area contributed by atoms with E-state index in [4.69, 9.17) is 10.5 Å². The Labute approximate surface area is 63.8 Å². The molecule has 0 aliphatic rings. The van der Waals surface area contributed by atoms with E-state index in [1.807, 2.05) is 6.92 Å². The van der Waals surface area contributed by atoms with Crippen LogP contribution in [0.4, 0.5) is 0 Å². The summed E-state index contributed by atoms with van der Waals surface area (Å²) in [5, 5.41) is 14.6. The van der Waals surface area contributed by atoms with Crippen LogP contribution in [0.15, 0.2) is 0 Å². The smallest absolute Gasteiger partial charge is 0.0402 e. The van der Waals surface area contributed by atoms with Gasteiger partial charge in [-0.3, -0.25) is 0 Å². The monoisotopic (exact) mass is 145 g/mol. The van der Waals surface area contributed by atoms with Crippen molar-refractivity contribution in [1.29, 1.82) is 5.41 Å². The van der Waals surface area contributed by atoms with Crippen LogP contribution in [-0.2, 0) is 0 Å². The predicted octanol–water partition coefficient (Wildman–Crippen LogP) is 2.07. The Morgan fingerprint density at radius 3 is 1.80 bits per heavy atom. The highest BCUT2D eigenvalue weighted by atomic mass is 16.2. The SMILES string of the molecule is CC(=N)CC(C)C.CCO. The van der Waals surface area contributed by atoms with E-state index < -0.39 is 0 Å². The first-order chi connectivity index (χ1) is 4.54. The second-order valence-electron chi connectivity index (χ2n) is 2.69. The molecular weight excluding hydrogens is 126 g/mol. The van der Waals surface area contributed by atoms with Crippen LogP contribution in [0.1, 0.15) is 34.1 Å². The van der Waals surface area contributed by atoms with Crippen molar-refractivity contribution in [2.24, 2.45) is 5.92 Å². The molecule has 0 aromatic rings. The minimum Gasteiger partial charge on any atom is -0.397 e.